The number of hydrogen-bond donors (Lipinski definition) is 1. The van der Waals surface area contributed by atoms with E-state index in [0.29, 0.717) is 20.8 Å². The second-order valence-corrected chi connectivity index (χ2v) is 8.73. The van der Waals surface area contributed by atoms with Gasteiger partial charge in [-0.25, -0.2) is 0 Å². The maximum atomic E-state index is 13.1. The van der Waals surface area contributed by atoms with E-state index in [1.807, 2.05) is 31.2 Å². The van der Waals surface area contributed by atoms with Crippen LogP contribution in [0.1, 0.15) is 27.7 Å². The van der Waals surface area contributed by atoms with Gasteiger partial charge < -0.3 is 9.52 Å². The first-order valence-corrected chi connectivity index (χ1v) is 10.8. The van der Waals surface area contributed by atoms with Crippen LogP contribution in [-0.4, -0.2) is 32.7 Å². The summed E-state index contributed by atoms with van der Waals surface area (Å²) in [6.07, 6.45) is 3.11. The Labute approximate surface area is 180 Å². The normalized spacial score (nSPS) is 16.4. The smallest absolute Gasteiger partial charge is 0.296 e. The summed E-state index contributed by atoms with van der Waals surface area (Å²) in [4.78, 5) is 27.4. The van der Waals surface area contributed by atoms with Crippen molar-refractivity contribution in [3.63, 3.8) is 0 Å². The highest BCUT2D eigenvalue weighted by atomic mass is 32.2. The summed E-state index contributed by atoms with van der Waals surface area (Å²) in [6, 6.07) is 9.64. The standard InChI is InChI=1S/C21H17N3O4S2/c1-3-11-29-21-23-22-20(30-21)24-16(13-8-6-12(2)7-9-13)15(18(26)19(24)27)17(25)14-5-4-10-28-14/h3-10,16,26H,1,11H2,2H3/t16-/m0/s1. The van der Waals surface area contributed by atoms with Crippen LogP contribution in [0.4, 0.5) is 5.13 Å². The number of aliphatic hydroxyl groups is 1. The number of aryl methyl sites for hydroxylation is 1. The molecule has 1 amide bonds. The highest BCUT2D eigenvalue weighted by molar-refractivity contribution is 8.01. The monoisotopic (exact) mass is 439 g/mol. The van der Waals surface area contributed by atoms with Gasteiger partial charge in [-0.05, 0) is 24.6 Å². The van der Waals surface area contributed by atoms with Crippen LogP contribution in [0.5, 0.6) is 0 Å². The zero-order chi connectivity index (χ0) is 21.3. The molecule has 7 nitrogen and oxygen atoms in total. The highest BCUT2D eigenvalue weighted by Gasteiger charge is 2.46. The van der Waals surface area contributed by atoms with Crippen LogP contribution in [0.15, 0.2) is 75.4 Å². The molecule has 2 aromatic heterocycles. The minimum absolute atomic E-state index is 0.0443. The first-order chi connectivity index (χ1) is 14.5. The van der Waals surface area contributed by atoms with Gasteiger partial charge in [0.15, 0.2) is 15.9 Å². The third-order valence-electron chi connectivity index (χ3n) is 4.52. The predicted octanol–water partition coefficient (Wildman–Crippen LogP) is 4.50. The maximum Gasteiger partial charge on any atom is 0.296 e. The summed E-state index contributed by atoms with van der Waals surface area (Å²) in [6.45, 7) is 5.62. The maximum absolute atomic E-state index is 13.1. The summed E-state index contributed by atoms with van der Waals surface area (Å²) in [5.41, 5.74) is 1.65. The zero-order valence-electron chi connectivity index (χ0n) is 15.9. The number of aliphatic hydroxyl groups excluding tert-OH is 1. The molecule has 1 aliphatic rings. The molecule has 0 spiro atoms. The fraction of sp³-hybridized carbons (Fsp3) is 0.143. The van der Waals surface area contributed by atoms with Crippen LogP contribution in [0, 0.1) is 6.92 Å². The lowest BCUT2D eigenvalue weighted by Gasteiger charge is -2.23. The fourth-order valence-corrected chi connectivity index (χ4v) is 4.76. The van der Waals surface area contributed by atoms with E-state index >= 15 is 0 Å². The van der Waals surface area contributed by atoms with Gasteiger partial charge in [0.05, 0.1) is 17.9 Å². The molecule has 3 heterocycles. The third-order valence-corrected chi connectivity index (χ3v) is 6.57. The summed E-state index contributed by atoms with van der Waals surface area (Å²) < 4.78 is 5.88. The van der Waals surface area contributed by atoms with Crippen molar-refractivity contribution in [1.29, 1.82) is 0 Å². The number of rotatable bonds is 7. The molecule has 1 aliphatic heterocycles. The van der Waals surface area contributed by atoms with Crippen molar-refractivity contribution in [3.8, 4) is 0 Å². The van der Waals surface area contributed by atoms with Crippen LogP contribution >= 0.6 is 23.1 Å². The Hall–Kier alpha value is -3.17. The molecule has 0 saturated carbocycles. The average molecular weight is 440 g/mol. The Kier molecular flexibility index (Phi) is 5.56. The van der Waals surface area contributed by atoms with Crippen molar-refractivity contribution in [2.24, 2.45) is 0 Å². The Bertz CT molecular complexity index is 1130. The SMILES string of the molecule is C=CCSc1nnc(N2C(=O)C(O)=C(C(=O)c3ccco3)[C@@H]2c2ccc(C)cc2)s1. The first kappa shape index (κ1) is 20.1. The zero-order valence-corrected chi connectivity index (χ0v) is 17.6. The van der Waals surface area contributed by atoms with Crippen molar-refractivity contribution < 1.29 is 19.1 Å². The fourth-order valence-electron chi connectivity index (χ4n) is 3.13. The number of anilines is 1. The van der Waals surface area contributed by atoms with Gasteiger partial charge in [-0.1, -0.05) is 59.0 Å². The second kappa shape index (κ2) is 8.29. The quantitative estimate of drug-likeness (QED) is 0.251. The number of hydrogen-bond acceptors (Lipinski definition) is 8. The van der Waals surface area contributed by atoms with Crippen LogP contribution in [0.2, 0.25) is 0 Å². The number of aromatic nitrogens is 2. The van der Waals surface area contributed by atoms with Gasteiger partial charge in [0.25, 0.3) is 5.91 Å². The number of furan rings is 1. The topological polar surface area (TPSA) is 96.5 Å². The van der Waals surface area contributed by atoms with Crippen LogP contribution in [-0.2, 0) is 4.79 Å². The van der Waals surface area contributed by atoms with E-state index in [1.54, 1.807) is 12.1 Å². The number of thioether (sulfide) groups is 1. The Morgan fingerprint density at radius 1 is 1.33 bits per heavy atom. The van der Waals surface area contributed by atoms with Crippen molar-refractivity contribution in [2.75, 3.05) is 10.7 Å². The largest absolute Gasteiger partial charge is 0.503 e. The van der Waals surface area contributed by atoms with E-state index in [0.717, 1.165) is 5.56 Å². The summed E-state index contributed by atoms with van der Waals surface area (Å²) in [7, 11) is 0. The number of benzene rings is 1. The number of ketones is 1. The van der Waals surface area contributed by atoms with Crippen LogP contribution in [0.25, 0.3) is 0 Å². The van der Waals surface area contributed by atoms with Crippen molar-refractivity contribution >= 4 is 39.9 Å². The molecule has 4 rings (SSSR count). The summed E-state index contributed by atoms with van der Waals surface area (Å²) in [5, 5.41) is 19.2. The first-order valence-electron chi connectivity index (χ1n) is 9.00. The number of carbonyl (C=O) groups is 2. The third kappa shape index (κ3) is 3.57. The summed E-state index contributed by atoms with van der Waals surface area (Å²) in [5.74, 6) is -1.17. The lowest BCUT2D eigenvalue weighted by atomic mass is 9.95. The van der Waals surface area contributed by atoms with Gasteiger partial charge in [0, 0.05) is 5.75 Å². The van der Waals surface area contributed by atoms with E-state index in [1.165, 1.54) is 40.3 Å². The van der Waals surface area contributed by atoms with Gasteiger partial charge >= 0.3 is 0 Å². The minimum Gasteiger partial charge on any atom is -0.503 e. The van der Waals surface area contributed by atoms with Crippen molar-refractivity contribution in [1.82, 2.24) is 10.2 Å². The molecule has 0 bridgehead atoms. The van der Waals surface area contributed by atoms with Crippen LogP contribution < -0.4 is 4.90 Å². The summed E-state index contributed by atoms with van der Waals surface area (Å²) >= 11 is 2.65. The number of amides is 1. The average Bonchev–Trinajstić information content (AvgIpc) is 3.48. The molecular formula is C21H17N3O4S2. The molecule has 1 atom stereocenters. The Balaban J connectivity index is 1.80. The lowest BCUT2D eigenvalue weighted by molar-refractivity contribution is -0.117. The number of carbonyl (C=O) groups excluding carboxylic acids is 2. The Morgan fingerprint density at radius 2 is 2.10 bits per heavy atom. The van der Waals surface area contributed by atoms with Gasteiger partial charge in [-0.15, -0.1) is 16.8 Å². The second-order valence-electron chi connectivity index (χ2n) is 6.51. The number of Topliss-reactive ketones (excluding diaryl/α,β-unsaturated/α-hetero) is 1. The Morgan fingerprint density at radius 3 is 2.77 bits per heavy atom. The van der Waals surface area contributed by atoms with Gasteiger partial charge in [-0.2, -0.15) is 0 Å². The van der Waals surface area contributed by atoms with E-state index in [2.05, 4.69) is 16.8 Å². The van der Waals surface area contributed by atoms with E-state index in [4.69, 9.17) is 4.42 Å². The molecule has 0 unspecified atom stereocenters. The molecular weight excluding hydrogens is 422 g/mol. The van der Waals surface area contributed by atoms with Gasteiger partial charge in [-0.3, -0.25) is 14.5 Å². The predicted molar refractivity (Wildman–Crippen MR) is 115 cm³/mol. The van der Waals surface area contributed by atoms with E-state index in [9.17, 15) is 14.7 Å². The molecule has 0 aliphatic carbocycles. The van der Waals surface area contributed by atoms with E-state index < -0.39 is 23.5 Å². The molecule has 1 aromatic carbocycles. The molecule has 9 heteroatoms. The molecule has 1 N–H and O–H groups in total. The van der Waals surface area contributed by atoms with E-state index in [-0.39, 0.29) is 11.3 Å². The highest BCUT2D eigenvalue weighted by Crippen LogP contribution is 2.43. The van der Waals surface area contributed by atoms with Crippen LogP contribution in [0.3, 0.4) is 0 Å². The minimum atomic E-state index is -0.846. The van der Waals surface area contributed by atoms with Crippen molar-refractivity contribution in [2.45, 2.75) is 17.3 Å². The molecule has 0 radical (unpaired) electrons. The molecule has 3 aromatic rings. The molecule has 0 fully saturated rings. The van der Waals surface area contributed by atoms with Crippen molar-refractivity contribution in [3.05, 3.63) is 83.5 Å². The molecule has 152 valence electrons. The lowest BCUT2D eigenvalue weighted by Crippen LogP contribution is -2.31. The van der Waals surface area contributed by atoms with Gasteiger partial charge in [0.2, 0.25) is 10.9 Å². The number of nitrogens with zero attached hydrogens (tertiary/aromatic N) is 3. The molecule has 0 saturated heterocycles. The van der Waals surface area contributed by atoms with Gasteiger partial charge in [0.1, 0.15) is 0 Å². The molecule has 30 heavy (non-hydrogen) atoms.